The number of hydrogen-bond donors (Lipinski definition) is 1. The molecule has 11 heavy (non-hydrogen) atoms. The molecule has 3 unspecified atom stereocenters. The maximum absolute atomic E-state index is 4.78. The topological polar surface area (TPSA) is 0 Å². The second kappa shape index (κ2) is 2.42. The van der Waals surface area contributed by atoms with Gasteiger partial charge in [0.2, 0.25) is 0 Å². The number of fused-ring (bicyclic) bond motifs is 1. The van der Waals surface area contributed by atoms with Gasteiger partial charge in [-0.25, -0.2) is 0 Å². The summed E-state index contributed by atoms with van der Waals surface area (Å²) < 4.78 is 0.362. The number of hydrogen-bond acceptors (Lipinski definition) is 1. The summed E-state index contributed by atoms with van der Waals surface area (Å²) in [6, 6.07) is 0. The van der Waals surface area contributed by atoms with Gasteiger partial charge in [0.05, 0.1) is 0 Å². The molecule has 4 atom stereocenters. The molecule has 0 aromatic heterocycles. The minimum Gasteiger partial charge on any atom is -0.172 e. The molecule has 0 aromatic rings. The van der Waals surface area contributed by atoms with Gasteiger partial charge in [-0.15, -0.1) is 0 Å². The van der Waals surface area contributed by atoms with Crippen molar-refractivity contribution in [2.24, 2.45) is 17.8 Å². The largest absolute Gasteiger partial charge is 0.172 e. The fourth-order valence-electron chi connectivity index (χ4n) is 3.39. The van der Waals surface area contributed by atoms with E-state index in [1.54, 1.807) is 0 Å². The van der Waals surface area contributed by atoms with Crippen LogP contribution in [0.15, 0.2) is 0 Å². The smallest absolute Gasteiger partial charge is 0.0135 e. The van der Waals surface area contributed by atoms with E-state index in [-0.39, 0.29) is 0 Å². The second-order valence-electron chi connectivity index (χ2n) is 4.74. The lowest BCUT2D eigenvalue weighted by Crippen LogP contribution is -2.27. The Labute approximate surface area is 75.2 Å². The van der Waals surface area contributed by atoms with Crippen LogP contribution in [-0.2, 0) is 0 Å². The van der Waals surface area contributed by atoms with E-state index < -0.39 is 0 Å². The van der Waals surface area contributed by atoms with Crippen LogP contribution in [0.3, 0.4) is 0 Å². The van der Waals surface area contributed by atoms with Gasteiger partial charge in [0.25, 0.3) is 0 Å². The molecule has 0 aromatic carbocycles. The molecule has 64 valence electrons. The van der Waals surface area contributed by atoms with E-state index in [0.717, 1.165) is 17.8 Å². The lowest BCUT2D eigenvalue weighted by atomic mass is 9.86. The Morgan fingerprint density at radius 3 is 2.64 bits per heavy atom. The van der Waals surface area contributed by atoms with Gasteiger partial charge in [0.15, 0.2) is 0 Å². The molecule has 2 rings (SSSR count). The first kappa shape index (κ1) is 7.97. The van der Waals surface area contributed by atoms with Crippen LogP contribution in [0.5, 0.6) is 0 Å². The van der Waals surface area contributed by atoms with E-state index in [4.69, 9.17) is 12.6 Å². The van der Waals surface area contributed by atoms with Gasteiger partial charge in [0, 0.05) is 4.75 Å². The van der Waals surface area contributed by atoms with E-state index in [2.05, 4.69) is 13.8 Å². The SMILES string of the molecule is CC1CCC2CC[C@](C)(S)C12. The van der Waals surface area contributed by atoms with Gasteiger partial charge in [-0.05, 0) is 37.0 Å². The summed E-state index contributed by atoms with van der Waals surface area (Å²) in [6.07, 6.45) is 5.71. The molecular weight excluding hydrogens is 152 g/mol. The Bertz CT molecular complexity index is 162. The van der Waals surface area contributed by atoms with E-state index >= 15 is 0 Å². The number of rotatable bonds is 0. The van der Waals surface area contributed by atoms with Crippen molar-refractivity contribution in [1.29, 1.82) is 0 Å². The normalized spacial score (nSPS) is 56.5. The molecule has 0 nitrogen and oxygen atoms in total. The van der Waals surface area contributed by atoms with Crippen LogP contribution in [0.4, 0.5) is 0 Å². The molecule has 2 saturated carbocycles. The highest BCUT2D eigenvalue weighted by atomic mass is 32.1. The second-order valence-corrected chi connectivity index (χ2v) is 5.76. The van der Waals surface area contributed by atoms with Crippen LogP contribution in [-0.4, -0.2) is 4.75 Å². The van der Waals surface area contributed by atoms with Crippen molar-refractivity contribution >= 4 is 12.6 Å². The molecule has 2 aliphatic carbocycles. The Morgan fingerprint density at radius 2 is 2.00 bits per heavy atom. The zero-order chi connectivity index (χ0) is 8.06. The fraction of sp³-hybridized carbons (Fsp3) is 1.00. The van der Waals surface area contributed by atoms with Crippen molar-refractivity contribution in [3.8, 4) is 0 Å². The third kappa shape index (κ3) is 1.12. The van der Waals surface area contributed by atoms with Crippen molar-refractivity contribution in [2.75, 3.05) is 0 Å². The molecule has 2 aliphatic rings. The summed E-state index contributed by atoms with van der Waals surface area (Å²) in [6.45, 7) is 4.74. The molecular formula is C10H18S. The van der Waals surface area contributed by atoms with Crippen LogP contribution in [0.2, 0.25) is 0 Å². The zero-order valence-electron chi connectivity index (χ0n) is 7.51. The summed E-state index contributed by atoms with van der Waals surface area (Å²) in [5.41, 5.74) is 0. The monoisotopic (exact) mass is 170 g/mol. The van der Waals surface area contributed by atoms with Crippen molar-refractivity contribution in [2.45, 2.75) is 44.3 Å². The van der Waals surface area contributed by atoms with Gasteiger partial charge in [-0.2, -0.15) is 12.6 Å². The minimum absolute atomic E-state index is 0.362. The average Bonchev–Trinajstić information content (AvgIpc) is 2.38. The molecule has 2 fully saturated rings. The lowest BCUT2D eigenvalue weighted by molar-refractivity contribution is 0.330. The van der Waals surface area contributed by atoms with E-state index in [9.17, 15) is 0 Å². The predicted molar refractivity (Wildman–Crippen MR) is 52.0 cm³/mol. The van der Waals surface area contributed by atoms with E-state index in [1.807, 2.05) is 0 Å². The van der Waals surface area contributed by atoms with E-state index in [1.165, 1.54) is 25.7 Å². The van der Waals surface area contributed by atoms with Gasteiger partial charge in [0.1, 0.15) is 0 Å². The van der Waals surface area contributed by atoms with Gasteiger partial charge in [-0.3, -0.25) is 0 Å². The highest BCUT2D eigenvalue weighted by Gasteiger charge is 2.48. The summed E-state index contributed by atoms with van der Waals surface area (Å²) in [7, 11) is 0. The molecule has 0 N–H and O–H groups in total. The first-order valence-corrected chi connectivity index (χ1v) is 5.28. The Hall–Kier alpha value is 0.350. The van der Waals surface area contributed by atoms with Crippen molar-refractivity contribution in [3.63, 3.8) is 0 Å². The summed E-state index contributed by atoms with van der Waals surface area (Å²) in [4.78, 5) is 0. The first-order chi connectivity index (χ1) is 5.11. The minimum atomic E-state index is 0.362. The highest BCUT2D eigenvalue weighted by molar-refractivity contribution is 7.81. The van der Waals surface area contributed by atoms with Gasteiger partial charge >= 0.3 is 0 Å². The van der Waals surface area contributed by atoms with Crippen LogP contribution < -0.4 is 0 Å². The Kier molecular flexibility index (Phi) is 1.75. The average molecular weight is 170 g/mol. The standard InChI is InChI=1S/C10H18S/c1-7-3-4-8-5-6-10(2,11)9(7)8/h7-9,11H,3-6H2,1-2H3/t7?,8?,9?,10-/m0/s1. The highest BCUT2D eigenvalue weighted by Crippen LogP contribution is 2.54. The molecule has 1 heteroatoms. The van der Waals surface area contributed by atoms with Crippen molar-refractivity contribution < 1.29 is 0 Å². The lowest BCUT2D eigenvalue weighted by Gasteiger charge is -2.29. The summed E-state index contributed by atoms with van der Waals surface area (Å²) in [5, 5.41) is 0. The molecule has 0 radical (unpaired) electrons. The summed E-state index contributed by atoms with van der Waals surface area (Å²) in [5.74, 6) is 2.88. The van der Waals surface area contributed by atoms with Crippen LogP contribution in [0, 0.1) is 17.8 Å². The fourth-order valence-corrected chi connectivity index (χ4v) is 3.98. The third-order valence-electron chi connectivity index (χ3n) is 3.85. The molecule has 0 amide bonds. The van der Waals surface area contributed by atoms with Crippen LogP contribution in [0.25, 0.3) is 0 Å². The van der Waals surface area contributed by atoms with E-state index in [0.29, 0.717) is 4.75 Å². The third-order valence-corrected chi connectivity index (χ3v) is 4.37. The maximum Gasteiger partial charge on any atom is 0.0135 e. The van der Waals surface area contributed by atoms with Crippen molar-refractivity contribution in [3.05, 3.63) is 0 Å². The van der Waals surface area contributed by atoms with Crippen LogP contribution in [0.1, 0.15) is 39.5 Å². The van der Waals surface area contributed by atoms with Crippen molar-refractivity contribution in [1.82, 2.24) is 0 Å². The predicted octanol–water partition coefficient (Wildman–Crippen LogP) is 3.13. The first-order valence-electron chi connectivity index (χ1n) is 4.83. The Balaban J connectivity index is 2.20. The molecule has 0 saturated heterocycles. The quantitative estimate of drug-likeness (QED) is 0.531. The molecule has 0 aliphatic heterocycles. The van der Waals surface area contributed by atoms with Gasteiger partial charge in [-0.1, -0.05) is 20.3 Å². The molecule has 0 spiro atoms. The Morgan fingerprint density at radius 1 is 1.27 bits per heavy atom. The van der Waals surface area contributed by atoms with Gasteiger partial charge < -0.3 is 0 Å². The zero-order valence-corrected chi connectivity index (χ0v) is 8.40. The van der Waals surface area contributed by atoms with Crippen LogP contribution >= 0.6 is 12.6 Å². The molecule has 0 bridgehead atoms. The maximum atomic E-state index is 4.78. The number of thiol groups is 1. The summed E-state index contributed by atoms with van der Waals surface area (Å²) >= 11 is 4.78. The molecule has 0 heterocycles.